The van der Waals surface area contributed by atoms with Gasteiger partial charge in [-0.15, -0.1) is 0 Å². The highest BCUT2D eigenvalue weighted by Gasteiger charge is 2.16. The van der Waals surface area contributed by atoms with Crippen molar-refractivity contribution in [3.8, 4) is 0 Å². The molecule has 1 aromatic carbocycles. The first-order chi connectivity index (χ1) is 10.6. The van der Waals surface area contributed by atoms with Crippen LogP contribution in [0.4, 0.5) is 0 Å². The lowest BCUT2D eigenvalue weighted by molar-refractivity contribution is -0.130. The quantitative estimate of drug-likeness (QED) is 0.570. The molecule has 0 atom stereocenters. The van der Waals surface area contributed by atoms with Gasteiger partial charge in [0, 0.05) is 34.6 Å². The third-order valence-corrected chi connectivity index (χ3v) is 4.91. The Kier molecular flexibility index (Phi) is 6.95. The Labute approximate surface area is 149 Å². The molecule has 0 bridgehead atoms. The summed E-state index contributed by atoms with van der Waals surface area (Å²) >= 11 is 8.05. The minimum atomic E-state index is -0.117. The van der Waals surface area contributed by atoms with Crippen LogP contribution in [-0.4, -0.2) is 36.3 Å². The van der Waals surface area contributed by atoms with Crippen molar-refractivity contribution in [2.24, 2.45) is 0 Å². The van der Waals surface area contributed by atoms with Crippen molar-refractivity contribution in [3.05, 3.63) is 32.4 Å². The Balaban J connectivity index is 1.77. The van der Waals surface area contributed by atoms with Gasteiger partial charge in [0.25, 0.3) is 5.91 Å². The molecule has 0 radical (unpaired) electrons. The van der Waals surface area contributed by atoms with Gasteiger partial charge in [-0.1, -0.05) is 18.0 Å². The number of nitrogens with zero attached hydrogens (tertiary/aromatic N) is 1. The van der Waals surface area contributed by atoms with Crippen LogP contribution < -0.4 is 5.32 Å². The van der Waals surface area contributed by atoms with Crippen molar-refractivity contribution >= 4 is 46.0 Å². The molecule has 1 aliphatic rings. The van der Waals surface area contributed by atoms with Gasteiger partial charge in [-0.3, -0.25) is 9.59 Å². The number of hydrogen-bond donors (Lipinski definition) is 1. The Morgan fingerprint density at radius 3 is 2.95 bits per heavy atom. The molecule has 0 saturated carbocycles. The number of carbonyl (C=O) groups is 2. The van der Waals surface area contributed by atoms with E-state index in [9.17, 15) is 9.59 Å². The van der Waals surface area contributed by atoms with Gasteiger partial charge >= 0.3 is 0 Å². The van der Waals surface area contributed by atoms with E-state index in [4.69, 9.17) is 11.6 Å². The average Bonchev–Trinajstić information content (AvgIpc) is 2.70. The summed E-state index contributed by atoms with van der Waals surface area (Å²) in [7, 11) is 0. The van der Waals surface area contributed by atoms with Gasteiger partial charge in [-0.25, -0.2) is 0 Å². The van der Waals surface area contributed by atoms with Gasteiger partial charge in [0.1, 0.15) is 0 Å². The van der Waals surface area contributed by atoms with Crippen LogP contribution in [0.1, 0.15) is 42.5 Å². The van der Waals surface area contributed by atoms with Gasteiger partial charge < -0.3 is 10.2 Å². The summed E-state index contributed by atoms with van der Waals surface area (Å²) in [6, 6.07) is 5.27. The number of likely N-dealkylation sites (tertiary alicyclic amines) is 1. The van der Waals surface area contributed by atoms with Crippen molar-refractivity contribution in [2.75, 3.05) is 19.6 Å². The molecule has 1 aliphatic heterocycles. The lowest BCUT2D eigenvalue weighted by atomic mass is 10.2. The monoisotopic (exact) mass is 434 g/mol. The summed E-state index contributed by atoms with van der Waals surface area (Å²) in [5.74, 6) is 0.127. The molecule has 1 fully saturated rings. The lowest BCUT2D eigenvalue weighted by Crippen LogP contribution is -2.34. The zero-order chi connectivity index (χ0) is 15.9. The van der Waals surface area contributed by atoms with E-state index in [1.54, 1.807) is 12.1 Å². The van der Waals surface area contributed by atoms with Crippen LogP contribution in [0.3, 0.4) is 0 Å². The van der Waals surface area contributed by atoms with Crippen molar-refractivity contribution in [1.29, 1.82) is 0 Å². The Morgan fingerprint density at radius 1 is 1.32 bits per heavy atom. The Hall–Kier alpha value is -0.820. The predicted molar refractivity (Wildman–Crippen MR) is 96.2 cm³/mol. The molecule has 6 heteroatoms. The summed E-state index contributed by atoms with van der Waals surface area (Å²) < 4.78 is 0.877. The summed E-state index contributed by atoms with van der Waals surface area (Å²) in [5.41, 5.74) is 0.596. The molecule has 0 aliphatic carbocycles. The van der Waals surface area contributed by atoms with Crippen molar-refractivity contribution < 1.29 is 9.59 Å². The third-order valence-electron chi connectivity index (χ3n) is 3.73. The maximum atomic E-state index is 12.1. The fraction of sp³-hybridized carbons (Fsp3) is 0.500. The van der Waals surface area contributed by atoms with E-state index in [2.05, 4.69) is 27.9 Å². The summed E-state index contributed by atoms with van der Waals surface area (Å²) in [6.07, 6.45) is 4.64. The van der Waals surface area contributed by atoms with Gasteiger partial charge in [-0.05, 0) is 60.1 Å². The number of rotatable bonds is 5. The van der Waals surface area contributed by atoms with E-state index in [1.165, 1.54) is 0 Å². The molecular weight excluding hydrogens is 415 g/mol. The average molecular weight is 435 g/mol. The number of benzene rings is 1. The van der Waals surface area contributed by atoms with Crippen molar-refractivity contribution in [3.63, 3.8) is 0 Å². The lowest BCUT2D eigenvalue weighted by Gasteiger charge is -2.20. The summed E-state index contributed by atoms with van der Waals surface area (Å²) in [5, 5.41) is 3.45. The molecule has 2 amide bonds. The molecule has 1 aromatic rings. The van der Waals surface area contributed by atoms with Crippen LogP contribution in [-0.2, 0) is 4.79 Å². The highest BCUT2D eigenvalue weighted by molar-refractivity contribution is 14.1. The maximum absolute atomic E-state index is 12.1. The molecule has 0 aromatic heterocycles. The largest absolute Gasteiger partial charge is 0.352 e. The van der Waals surface area contributed by atoms with Gasteiger partial charge in [0.15, 0.2) is 0 Å². The van der Waals surface area contributed by atoms with Crippen LogP contribution in [0.15, 0.2) is 18.2 Å². The number of hydrogen-bond acceptors (Lipinski definition) is 2. The summed E-state index contributed by atoms with van der Waals surface area (Å²) in [4.78, 5) is 25.9. The second kappa shape index (κ2) is 8.72. The summed E-state index contributed by atoms with van der Waals surface area (Å²) in [6.45, 7) is 2.12. The predicted octanol–water partition coefficient (Wildman–Crippen LogP) is 3.47. The second-order valence-corrected chi connectivity index (χ2v) is 7.02. The molecule has 4 nitrogen and oxygen atoms in total. The van der Waals surface area contributed by atoms with E-state index in [1.807, 2.05) is 11.0 Å². The number of halogens is 2. The minimum absolute atomic E-state index is 0.117. The highest BCUT2D eigenvalue weighted by Crippen LogP contribution is 2.17. The number of amides is 2. The first-order valence-corrected chi connectivity index (χ1v) is 9.04. The van der Waals surface area contributed by atoms with E-state index < -0.39 is 0 Å². The van der Waals surface area contributed by atoms with Gasteiger partial charge in [0.05, 0.1) is 5.56 Å². The first-order valence-electron chi connectivity index (χ1n) is 7.59. The molecule has 22 heavy (non-hydrogen) atoms. The zero-order valence-corrected chi connectivity index (χ0v) is 15.3. The van der Waals surface area contributed by atoms with E-state index in [-0.39, 0.29) is 11.8 Å². The third kappa shape index (κ3) is 5.12. The zero-order valence-electron chi connectivity index (χ0n) is 12.4. The SMILES string of the molecule is O=C(NCCCN1CCCCCC1=O)c1cc(Cl)ccc1I. The topological polar surface area (TPSA) is 49.4 Å². The van der Waals surface area contributed by atoms with Gasteiger partial charge in [0.2, 0.25) is 5.91 Å². The van der Waals surface area contributed by atoms with Crippen LogP contribution in [0, 0.1) is 3.57 Å². The van der Waals surface area contributed by atoms with E-state index >= 15 is 0 Å². The molecule has 1 saturated heterocycles. The molecule has 1 heterocycles. The van der Waals surface area contributed by atoms with Gasteiger partial charge in [-0.2, -0.15) is 0 Å². The molecule has 1 N–H and O–H groups in total. The van der Waals surface area contributed by atoms with Crippen LogP contribution in [0.5, 0.6) is 0 Å². The maximum Gasteiger partial charge on any atom is 0.252 e. The minimum Gasteiger partial charge on any atom is -0.352 e. The second-order valence-electron chi connectivity index (χ2n) is 5.43. The number of carbonyl (C=O) groups excluding carboxylic acids is 2. The van der Waals surface area contributed by atoms with Crippen LogP contribution in [0.2, 0.25) is 5.02 Å². The normalized spacial score (nSPS) is 15.5. The Bertz CT molecular complexity index is 551. The number of nitrogens with one attached hydrogen (secondary N) is 1. The van der Waals surface area contributed by atoms with E-state index in [0.717, 1.165) is 35.8 Å². The van der Waals surface area contributed by atoms with Crippen LogP contribution in [0.25, 0.3) is 0 Å². The molecule has 0 spiro atoms. The smallest absolute Gasteiger partial charge is 0.252 e. The first kappa shape index (κ1) is 17.5. The molecule has 0 unspecified atom stereocenters. The van der Waals surface area contributed by atoms with Crippen molar-refractivity contribution in [2.45, 2.75) is 32.1 Å². The van der Waals surface area contributed by atoms with Crippen molar-refractivity contribution in [1.82, 2.24) is 10.2 Å². The molecule has 120 valence electrons. The highest BCUT2D eigenvalue weighted by atomic mass is 127. The van der Waals surface area contributed by atoms with Crippen LogP contribution >= 0.6 is 34.2 Å². The van der Waals surface area contributed by atoms with E-state index in [0.29, 0.717) is 30.1 Å². The molecule has 2 rings (SSSR count). The fourth-order valence-electron chi connectivity index (χ4n) is 2.51. The Morgan fingerprint density at radius 2 is 2.14 bits per heavy atom. The molecular formula is C16H20ClIN2O2. The fourth-order valence-corrected chi connectivity index (χ4v) is 3.27. The standard InChI is InChI=1S/C16H20ClIN2O2/c17-12-6-7-14(18)13(11-12)16(22)19-8-4-10-20-9-3-1-2-5-15(20)21/h6-7,11H,1-5,8-10H2,(H,19,22).